The van der Waals surface area contributed by atoms with E-state index >= 15 is 0 Å². The van der Waals surface area contributed by atoms with E-state index in [1.807, 2.05) is 18.3 Å². The van der Waals surface area contributed by atoms with Crippen LogP contribution in [0.5, 0.6) is 0 Å². The number of allylic oxidation sites excluding steroid dienone is 1. The summed E-state index contributed by atoms with van der Waals surface area (Å²) in [4.78, 5) is 47.6. The average molecular weight is 708 g/mol. The molecule has 0 bridgehead atoms. The molecule has 282 valence electrons. The van der Waals surface area contributed by atoms with E-state index < -0.39 is 6.16 Å². The Morgan fingerprint density at radius 3 is 2.59 bits per heavy atom. The molecule has 1 aliphatic rings. The van der Waals surface area contributed by atoms with E-state index in [0.717, 1.165) is 88.1 Å². The molecule has 11 nitrogen and oxygen atoms in total. The number of esters is 1. The maximum absolute atomic E-state index is 12.3. The van der Waals surface area contributed by atoms with Crippen LogP contribution in [0.1, 0.15) is 136 Å². The molecule has 3 rings (SSSR count). The van der Waals surface area contributed by atoms with Gasteiger partial charge in [0.15, 0.2) is 6.73 Å². The smallest absolute Gasteiger partial charge is 0.462 e. The van der Waals surface area contributed by atoms with E-state index in [9.17, 15) is 14.4 Å². The molecule has 51 heavy (non-hydrogen) atoms. The number of rotatable bonds is 24. The maximum Gasteiger partial charge on any atom is 0.510 e. The van der Waals surface area contributed by atoms with E-state index in [0.29, 0.717) is 44.1 Å². The van der Waals surface area contributed by atoms with Gasteiger partial charge in [0.25, 0.3) is 0 Å². The van der Waals surface area contributed by atoms with Gasteiger partial charge in [-0.3, -0.25) is 14.2 Å². The summed E-state index contributed by atoms with van der Waals surface area (Å²) in [6.45, 7) is 8.12. The molecule has 1 aliphatic heterocycles. The van der Waals surface area contributed by atoms with E-state index in [1.54, 1.807) is 9.47 Å². The number of amides is 1. The zero-order chi connectivity index (χ0) is 36.7. The van der Waals surface area contributed by atoms with Crippen molar-refractivity contribution in [2.45, 2.75) is 149 Å². The van der Waals surface area contributed by atoms with Gasteiger partial charge < -0.3 is 19.1 Å². The number of ether oxygens (including phenoxy) is 3. The van der Waals surface area contributed by atoms with Gasteiger partial charge >= 0.3 is 12.1 Å². The second-order valence-electron chi connectivity index (χ2n) is 13.9. The number of nitrogens with zero attached hydrogens (tertiary/aromatic N) is 5. The minimum absolute atomic E-state index is 0.0148. The molecule has 0 spiro atoms. The Kier molecular flexibility index (Phi) is 19.7. The number of carbonyl (C=O) groups excluding carboxylic acids is 3. The molecule has 0 radical (unpaired) electrons. The highest BCUT2D eigenvalue weighted by Crippen LogP contribution is 2.29. The molecule has 0 aromatic carbocycles. The molecular formula is C40H61N5O6. The molecule has 1 saturated heterocycles. The van der Waals surface area contributed by atoms with Crippen LogP contribution < -0.4 is 0 Å². The van der Waals surface area contributed by atoms with Crippen LogP contribution in [0.2, 0.25) is 0 Å². The Bertz CT molecular complexity index is 1400. The second-order valence-corrected chi connectivity index (χ2v) is 13.9. The fourth-order valence-electron chi connectivity index (χ4n) is 6.58. The van der Waals surface area contributed by atoms with E-state index in [2.05, 4.69) is 42.9 Å². The van der Waals surface area contributed by atoms with Crippen molar-refractivity contribution in [2.75, 3.05) is 19.7 Å². The summed E-state index contributed by atoms with van der Waals surface area (Å²) in [6, 6.07) is 3.89. The first kappa shape index (κ1) is 41.5. The number of carbonyl (C=O) groups is 3. The number of hydrogen-bond donors (Lipinski definition) is 0. The van der Waals surface area contributed by atoms with Crippen LogP contribution in [0.4, 0.5) is 4.79 Å². The van der Waals surface area contributed by atoms with Gasteiger partial charge in [0, 0.05) is 37.5 Å². The van der Waals surface area contributed by atoms with Crippen LogP contribution in [0.15, 0.2) is 30.7 Å². The van der Waals surface area contributed by atoms with Gasteiger partial charge in [0.05, 0.1) is 18.4 Å². The van der Waals surface area contributed by atoms with Gasteiger partial charge in [0.2, 0.25) is 5.91 Å². The standard InChI is InChI=1S/C40H61N5O6/c1-4-6-8-15-18-34(51-38(47)20-14-7-5-2)19-16-12-10-9-11-13-17-27-49-40(48)50-31-45-26-23-35-36(42-30-43-39(35)45)28-33-29-44(25-22-32(33)3)37(46)21-24-41/h12,16,23,26,30,32-34H,4-11,13-15,17-22,25,27-29,31H2,1-3H3/b16-12-/t32-,33-,34-/m1/s1. The lowest BCUT2D eigenvalue weighted by Crippen LogP contribution is -2.43. The monoisotopic (exact) mass is 707 g/mol. The summed E-state index contributed by atoms with van der Waals surface area (Å²) >= 11 is 0. The quantitative estimate of drug-likeness (QED) is 0.0595. The number of hydrogen-bond acceptors (Lipinski definition) is 9. The highest BCUT2D eigenvalue weighted by atomic mass is 16.7. The Labute approximate surface area is 305 Å². The number of aromatic nitrogens is 3. The third-order valence-corrected chi connectivity index (χ3v) is 9.83. The van der Waals surface area contributed by atoms with Gasteiger partial charge in [-0.05, 0) is 69.3 Å². The third-order valence-electron chi connectivity index (χ3n) is 9.83. The van der Waals surface area contributed by atoms with Crippen molar-refractivity contribution < 1.29 is 28.6 Å². The highest BCUT2D eigenvalue weighted by Gasteiger charge is 2.29. The average Bonchev–Trinajstić information content (AvgIpc) is 3.55. The first-order chi connectivity index (χ1) is 24.9. The molecule has 0 unspecified atom stereocenters. The number of nitriles is 1. The lowest BCUT2D eigenvalue weighted by Gasteiger charge is -2.36. The number of unbranched alkanes of at least 4 members (excludes halogenated alkanes) is 9. The maximum atomic E-state index is 12.3. The largest absolute Gasteiger partial charge is 0.510 e. The van der Waals surface area contributed by atoms with Crippen molar-refractivity contribution >= 4 is 29.1 Å². The van der Waals surface area contributed by atoms with Crippen molar-refractivity contribution in [3.05, 3.63) is 36.4 Å². The lowest BCUT2D eigenvalue weighted by atomic mass is 9.83. The summed E-state index contributed by atoms with van der Waals surface area (Å²) in [7, 11) is 0. The van der Waals surface area contributed by atoms with E-state index in [-0.39, 0.29) is 37.0 Å². The topological polar surface area (TPSA) is 137 Å². The molecular weight excluding hydrogens is 646 g/mol. The van der Waals surface area contributed by atoms with Gasteiger partial charge in [-0.25, -0.2) is 14.8 Å². The van der Waals surface area contributed by atoms with Gasteiger partial charge in [-0.15, -0.1) is 0 Å². The summed E-state index contributed by atoms with van der Waals surface area (Å²) in [5.74, 6) is 0.470. The molecule has 0 N–H and O–H groups in total. The van der Waals surface area contributed by atoms with E-state index in [1.165, 1.54) is 25.6 Å². The molecule has 3 atom stereocenters. The number of fused-ring (bicyclic) bond motifs is 1. The number of likely N-dealkylation sites (tertiary alicyclic amines) is 1. The number of piperidine rings is 1. The zero-order valence-electron chi connectivity index (χ0n) is 31.4. The Morgan fingerprint density at radius 2 is 1.78 bits per heavy atom. The zero-order valence-corrected chi connectivity index (χ0v) is 31.4. The van der Waals surface area contributed by atoms with Crippen LogP contribution in [-0.2, 0) is 37.0 Å². The molecule has 1 fully saturated rings. The van der Waals surface area contributed by atoms with Crippen molar-refractivity contribution in [1.29, 1.82) is 5.26 Å². The summed E-state index contributed by atoms with van der Waals surface area (Å²) in [6.07, 6.45) is 23.3. The van der Waals surface area contributed by atoms with Crippen LogP contribution in [-0.4, -0.2) is 63.3 Å². The van der Waals surface area contributed by atoms with Crippen molar-refractivity contribution in [3.63, 3.8) is 0 Å². The van der Waals surface area contributed by atoms with Crippen molar-refractivity contribution in [3.8, 4) is 6.07 Å². The fraction of sp³-hybridized carbons (Fsp3) is 0.700. The van der Waals surface area contributed by atoms with Crippen molar-refractivity contribution in [2.24, 2.45) is 11.8 Å². The molecule has 2 aromatic rings. The molecule has 1 amide bonds. The minimum Gasteiger partial charge on any atom is -0.462 e. The molecule has 2 aromatic heterocycles. The van der Waals surface area contributed by atoms with Crippen LogP contribution in [0.3, 0.4) is 0 Å². The second kappa shape index (κ2) is 24.3. The van der Waals surface area contributed by atoms with Crippen molar-refractivity contribution in [1.82, 2.24) is 19.4 Å². The predicted molar refractivity (Wildman–Crippen MR) is 197 cm³/mol. The Hall–Kier alpha value is -3.94. The Morgan fingerprint density at radius 1 is 1.00 bits per heavy atom. The molecule has 0 saturated carbocycles. The molecule has 11 heteroatoms. The minimum atomic E-state index is -0.706. The first-order valence-electron chi connectivity index (χ1n) is 19.4. The van der Waals surface area contributed by atoms with Crippen LogP contribution in [0.25, 0.3) is 11.0 Å². The fourth-order valence-corrected chi connectivity index (χ4v) is 6.58. The normalized spacial score (nSPS) is 16.6. The van der Waals surface area contributed by atoms with Crippen LogP contribution in [0, 0.1) is 23.2 Å². The highest BCUT2D eigenvalue weighted by molar-refractivity contribution is 5.79. The first-order valence-corrected chi connectivity index (χ1v) is 19.4. The third kappa shape index (κ3) is 15.5. The van der Waals surface area contributed by atoms with Gasteiger partial charge in [-0.2, -0.15) is 5.26 Å². The van der Waals surface area contributed by atoms with Gasteiger partial charge in [-0.1, -0.05) is 77.9 Å². The summed E-state index contributed by atoms with van der Waals surface area (Å²) < 4.78 is 18.2. The summed E-state index contributed by atoms with van der Waals surface area (Å²) in [5.41, 5.74) is 1.57. The molecule has 3 heterocycles. The summed E-state index contributed by atoms with van der Waals surface area (Å²) in [5, 5.41) is 9.82. The van der Waals surface area contributed by atoms with Crippen LogP contribution >= 0.6 is 0 Å². The Balaban J connectivity index is 1.31. The predicted octanol–water partition coefficient (Wildman–Crippen LogP) is 8.84. The van der Waals surface area contributed by atoms with Gasteiger partial charge in [0.1, 0.15) is 24.5 Å². The molecule has 0 aliphatic carbocycles. The van der Waals surface area contributed by atoms with E-state index in [4.69, 9.17) is 19.5 Å². The lowest BCUT2D eigenvalue weighted by molar-refractivity contribution is -0.149. The SMILES string of the molecule is CCCCCC[C@H](C/C=C\CCCCCCOC(=O)OCn1ccc2c(C[C@@H]3CN(C(=O)CC#N)CC[C@H]3C)ncnc21)OC(=O)CCCCC.